The van der Waals surface area contributed by atoms with E-state index in [4.69, 9.17) is 8.83 Å². The lowest BCUT2D eigenvalue weighted by molar-refractivity contribution is -0.647. The minimum absolute atomic E-state index is 0.333. The number of benzene rings is 4. The number of nitrogens with zero attached hydrogens (tertiary/aromatic N) is 4. The van der Waals surface area contributed by atoms with E-state index in [2.05, 4.69) is 18.0 Å². The molecule has 0 unspecified atom stereocenters. The van der Waals surface area contributed by atoms with Crippen molar-refractivity contribution < 1.29 is 39.3 Å². The summed E-state index contributed by atoms with van der Waals surface area (Å²) in [6.45, 7) is 5.39. The number of hydrogen-bond donors (Lipinski definition) is 2. The fraction of sp³-hybridized carbons (Fsp3) is 0.132. The van der Waals surface area contributed by atoms with Gasteiger partial charge >= 0.3 is 20.2 Å². The molecule has 7 aromatic rings. The van der Waals surface area contributed by atoms with Gasteiger partial charge in [-0.15, -0.1) is 0 Å². The Balaban J connectivity index is 1.36. The number of allylic oxidation sites excluding steroid dienone is 2. The first-order valence-corrected chi connectivity index (χ1v) is 19.1. The summed E-state index contributed by atoms with van der Waals surface area (Å²) >= 11 is 0. The van der Waals surface area contributed by atoms with Crippen LogP contribution in [0.4, 0.5) is 11.4 Å². The molecule has 1 aliphatic rings. The van der Waals surface area contributed by atoms with E-state index in [0.29, 0.717) is 68.4 Å². The maximum atomic E-state index is 12.9. The minimum atomic E-state index is -4.87. The Kier molecular flexibility index (Phi) is 7.59. The second-order valence-electron chi connectivity index (χ2n) is 12.5. The van der Waals surface area contributed by atoms with Crippen LogP contribution in [0.5, 0.6) is 0 Å². The highest BCUT2D eigenvalue weighted by Crippen LogP contribution is 2.48. The lowest BCUT2D eigenvalue weighted by Crippen LogP contribution is -2.32. The molecule has 0 saturated carbocycles. The summed E-state index contributed by atoms with van der Waals surface area (Å²) in [7, 11) is -5.82. The molecule has 2 N–H and O–H groups in total. The summed E-state index contributed by atoms with van der Waals surface area (Å²) in [5.41, 5.74) is 10.1. The van der Waals surface area contributed by atoms with Gasteiger partial charge in [-0.1, -0.05) is 49.1 Å². The van der Waals surface area contributed by atoms with Gasteiger partial charge in [0, 0.05) is 52.9 Å². The van der Waals surface area contributed by atoms with Crippen LogP contribution < -0.4 is 14.4 Å². The predicted molar refractivity (Wildman–Crippen MR) is 201 cm³/mol. The molecule has 0 spiro atoms. The van der Waals surface area contributed by atoms with E-state index in [0.717, 1.165) is 21.5 Å². The van der Waals surface area contributed by atoms with Gasteiger partial charge in [-0.3, -0.25) is 14.0 Å². The normalized spacial score (nSPS) is 14.7. The minimum Gasteiger partial charge on any atom is -0.456 e. The Morgan fingerprint density at radius 2 is 1.48 bits per heavy atom. The highest BCUT2D eigenvalue weighted by Gasteiger charge is 2.37. The smallest absolute Gasteiger partial charge is 0.319 e. The number of imidazole rings is 1. The molecule has 0 fully saturated rings. The summed E-state index contributed by atoms with van der Waals surface area (Å²) < 4.78 is 86.5. The van der Waals surface area contributed by atoms with Gasteiger partial charge in [0.05, 0.1) is 18.4 Å². The van der Waals surface area contributed by atoms with Gasteiger partial charge in [0.2, 0.25) is 10.9 Å². The zero-order valence-corrected chi connectivity index (χ0v) is 29.8. The van der Waals surface area contributed by atoms with Crippen LogP contribution in [-0.2, 0) is 33.2 Å². The van der Waals surface area contributed by atoms with Crippen LogP contribution in [0.2, 0.25) is 0 Å². The van der Waals surface area contributed by atoms with E-state index in [1.807, 2.05) is 72.2 Å². The molecule has 14 heteroatoms. The number of hydrogen-bond acceptors (Lipinski definition) is 8. The van der Waals surface area contributed by atoms with Crippen molar-refractivity contribution in [1.29, 1.82) is 0 Å². The third kappa shape index (κ3) is 5.33. The van der Waals surface area contributed by atoms with Crippen LogP contribution in [0.1, 0.15) is 19.2 Å². The molecule has 4 heterocycles. The van der Waals surface area contributed by atoms with E-state index < -0.39 is 31.1 Å². The zero-order chi connectivity index (χ0) is 36.7. The van der Waals surface area contributed by atoms with E-state index in [1.165, 1.54) is 9.47 Å². The van der Waals surface area contributed by atoms with Gasteiger partial charge in [-0.05, 0) is 48.6 Å². The van der Waals surface area contributed by atoms with Crippen molar-refractivity contribution >= 4 is 92.6 Å². The molecule has 0 bridgehead atoms. The Bertz CT molecular complexity index is 3060. The second-order valence-corrected chi connectivity index (χ2v) is 15.2. The molecule has 0 aliphatic carbocycles. The lowest BCUT2D eigenvalue weighted by Gasteiger charge is -2.22. The number of para-hydroxylation sites is 2. The summed E-state index contributed by atoms with van der Waals surface area (Å²) in [5.74, 6) is 0.0303. The average molecular weight is 736 g/mol. The highest BCUT2D eigenvalue weighted by atomic mass is 32.2. The first-order chi connectivity index (χ1) is 24.8. The Morgan fingerprint density at radius 3 is 2.08 bits per heavy atom. The van der Waals surface area contributed by atoms with Crippen LogP contribution in [0.25, 0.3) is 61.0 Å². The molecule has 1 aliphatic heterocycles. The van der Waals surface area contributed by atoms with Gasteiger partial charge in [0.15, 0.2) is 11.0 Å². The van der Waals surface area contributed by atoms with Crippen molar-refractivity contribution in [2.45, 2.75) is 19.2 Å². The van der Waals surface area contributed by atoms with Gasteiger partial charge in [-0.25, -0.2) is 9.13 Å². The standard InChI is InChI=1S/C38H30N4O8S2/c1-5-11-38(52(46,47)48)42-31-21-35-27(25-13-8-10-15-33(25)50-35)19-29(31)40(4)37(42)17-23(6-2)16-36-39(3)28-18-26-24-12-7-9-14-32(24)49-34(26)20-30(28)41(36)22-51(43,44)45/h7-10,12-21H,1,6,22H2,2-4H3,(H-,43,44,45,46,47,48)/p+1. The van der Waals surface area contributed by atoms with E-state index in [9.17, 15) is 25.9 Å². The van der Waals surface area contributed by atoms with Gasteiger partial charge < -0.3 is 13.7 Å². The Morgan fingerprint density at radius 1 is 0.865 bits per heavy atom. The number of aryl methyl sites for hydroxylation is 1. The molecule has 8 rings (SSSR count). The quantitative estimate of drug-likeness (QED) is 0.0965. The van der Waals surface area contributed by atoms with Crippen molar-refractivity contribution in [2.24, 2.45) is 7.05 Å². The molecule has 262 valence electrons. The highest BCUT2D eigenvalue weighted by molar-refractivity contribution is 7.90. The molecular weight excluding hydrogens is 705 g/mol. The van der Waals surface area contributed by atoms with E-state index in [1.54, 1.807) is 43.3 Å². The third-order valence-electron chi connectivity index (χ3n) is 9.37. The van der Waals surface area contributed by atoms with Gasteiger partial charge in [0.1, 0.15) is 28.2 Å². The SMILES string of the molecule is C=C=C=C(N1C(=CC(=Cc2n(CS(=O)(=O)O)c3cc4oc5ccccc5c4cc3[n+]2C)CC)N(C)c2cc3c(cc21)oc1ccccc13)S(=O)(=O)O. The molecular formula is C38H31N4O8S2+. The number of furan rings is 2. The molecule has 0 atom stereocenters. The monoisotopic (exact) mass is 735 g/mol. The maximum absolute atomic E-state index is 12.9. The topological polar surface area (TPSA) is 150 Å². The lowest BCUT2D eigenvalue weighted by atomic mass is 10.1. The van der Waals surface area contributed by atoms with Crippen LogP contribution in [0.15, 0.2) is 122 Å². The van der Waals surface area contributed by atoms with Crippen molar-refractivity contribution in [1.82, 2.24) is 4.57 Å². The molecule has 0 saturated heterocycles. The van der Waals surface area contributed by atoms with Gasteiger partial charge in [0.25, 0.3) is 5.82 Å². The molecule has 3 aromatic heterocycles. The van der Waals surface area contributed by atoms with Crippen LogP contribution in [0, 0.1) is 0 Å². The first kappa shape index (κ1) is 33.3. The fourth-order valence-electron chi connectivity index (χ4n) is 6.99. The number of anilines is 2. The van der Waals surface area contributed by atoms with Gasteiger partial charge in [-0.2, -0.15) is 16.8 Å². The fourth-order valence-corrected chi connectivity index (χ4v) is 8.21. The van der Waals surface area contributed by atoms with Crippen molar-refractivity contribution in [3.05, 3.63) is 119 Å². The maximum Gasteiger partial charge on any atom is 0.319 e. The Labute approximate surface area is 297 Å². The Hall–Kier alpha value is -5.85. The number of fused-ring (bicyclic) bond motifs is 8. The molecule has 52 heavy (non-hydrogen) atoms. The third-order valence-corrected chi connectivity index (χ3v) is 10.7. The second kappa shape index (κ2) is 11.9. The van der Waals surface area contributed by atoms with Crippen LogP contribution >= 0.6 is 0 Å². The number of rotatable bonds is 7. The summed E-state index contributed by atoms with van der Waals surface area (Å²) in [6.07, 6.45) is 3.92. The van der Waals surface area contributed by atoms with E-state index >= 15 is 0 Å². The van der Waals surface area contributed by atoms with Crippen molar-refractivity contribution in [3.63, 3.8) is 0 Å². The molecule has 4 aromatic carbocycles. The summed E-state index contributed by atoms with van der Waals surface area (Å²) in [4.78, 5) is 3.12. The zero-order valence-electron chi connectivity index (χ0n) is 28.2. The summed E-state index contributed by atoms with van der Waals surface area (Å²) in [5, 5.41) is 2.83. The van der Waals surface area contributed by atoms with Crippen molar-refractivity contribution in [2.75, 3.05) is 16.8 Å². The number of aromatic nitrogens is 2. The molecule has 12 nitrogen and oxygen atoms in total. The molecule has 0 amide bonds. The van der Waals surface area contributed by atoms with Crippen LogP contribution in [-0.4, -0.2) is 37.6 Å². The van der Waals surface area contributed by atoms with Crippen molar-refractivity contribution in [3.8, 4) is 0 Å². The summed E-state index contributed by atoms with van der Waals surface area (Å²) in [6, 6.07) is 22.4. The first-order valence-electron chi connectivity index (χ1n) is 16.1. The van der Waals surface area contributed by atoms with E-state index in [-0.39, 0.29) is 0 Å². The largest absolute Gasteiger partial charge is 0.456 e. The van der Waals surface area contributed by atoms with Crippen LogP contribution in [0.3, 0.4) is 0 Å². The molecule has 0 radical (unpaired) electrons. The predicted octanol–water partition coefficient (Wildman–Crippen LogP) is 7.37. The average Bonchev–Trinajstić information content (AvgIpc) is 3.79.